The van der Waals surface area contributed by atoms with Crippen molar-refractivity contribution in [3.8, 4) is 0 Å². The molecule has 7 heteroatoms. The molecule has 1 aromatic heterocycles. The molecule has 156 valence electrons. The minimum atomic E-state index is -0.217. The minimum absolute atomic E-state index is 0.0451. The molecule has 2 aromatic carbocycles. The fourth-order valence-electron chi connectivity index (χ4n) is 4.04. The number of rotatable bonds is 6. The number of hydrogen-bond acceptors (Lipinski definition) is 5. The summed E-state index contributed by atoms with van der Waals surface area (Å²) in [6, 6.07) is 18.1. The van der Waals surface area contributed by atoms with E-state index in [4.69, 9.17) is 0 Å². The van der Waals surface area contributed by atoms with Crippen molar-refractivity contribution in [3.63, 3.8) is 0 Å². The summed E-state index contributed by atoms with van der Waals surface area (Å²) in [6.07, 6.45) is 2.86. The number of carbonyl (C=O) groups is 1. The second-order valence-corrected chi connectivity index (χ2v) is 7.84. The quantitative estimate of drug-likeness (QED) is 0.659. The summed E-state index contributed by atoms with van der Waals surface area (Å²) < 4.78 is 1.87. The fraction of sp³-hybridized carbons (Fsp3) is 0.348. The van der Waals surface area contributed by atoms with Crippen molar-refractivity contribution in [2.75, 3.05) is 24.3 Å². The molecule has 0 spiro atoms. The predicted molar refractivity (Wildman–Crippen MR) is 119 cm³/mol. The first-order valence-corrected chi connectivity index (χ1v) is 10.4. The number of aromatic nitrogens is 3. The van der Waals surface area contributed by atoms with Crippen molar-refractivity contribution in [2.45, 2.75) is 37.9 Å². The molecule has 0 fully saturated rings. The van der Waals surface area contributed by atoms with Crippen LogP contribution in [0.4, 0.5) is 11.6 Å². The van der Waals surface area contributed by atoms with Gasteiger partial charge in [0.15, 0.2) is 0 Å². The maximum Gasteiger partial charge on any atom is 0.222 e. The van der Waals surface area contributed by atoms with E-state index in [-0.39, 0.29) is 24.0 Å². The van der Waals surface area contributed by atoms with Crippen molar-refractivity contribution in [1.29, 1.82) is 0 Å². The van der Waals surface area contributed by atoms with Crippen LogP contribution in [0.15, 0.2) is 60.9 Å². The van der Waals surface area contributed by atoms with E-state index in [0.29, 0.717) is 12.4 Å². The first-order chi connectivity index (χ1) is 14.6. The summed E-state index contributed by atoms with van der Waals surface area (Å²) in [5, 5.41) is 11.3. The summed E-state index contributed by atoms with van der Waals surface area (Å²) in [4.78, 5) is 19.2. The van der Waals surface area contributed by atoms with E-state index < -0.39 is 0 Å². The maximum absolute atomic E-state index is 12.7. The number of nitrogens with zero attached hydrogens (tertiary/aromatic N) is 4. The van der Waals surface area contributed by atoms with Crippen LogP contribution in [0.5, 0.6) is 0 Å². The number of benzene rings is 2. The molecule has 0 unspecified atom stereocenters. The monoisotopic (exact) mass is 404 g/mol. The zero-order valence-corrected chi connectivity index (χ0v) is 17.6. The second-order valence-electron chi connectivity index (χ2n) is 7.84. The first-order valence-electron chi connectivity index (χ1n) is 10.4. The molecule has 2 heterocycles. The topological polar surface area (TPSA) is 75.1 Å². The molecular weight excluding hydrogens is 376 g/mol. The van der Waals surface area contributed by atoms with Crippen molar-refractivity contribution >= 4 is 17.5 Å². The Morgan fingerprint density at radius 1 is 1.10 bits per heavy atom. The third-order valence-electron chi connectivity index (χ3n) is 5.53. The average molecular weight is 405 g/mol. The van der Waals surface area contributed by atoms with Crippen molar-refractivity contribution in [3.05, 3.63) is 72.1 Å². The Morgan fingerprint density at radius 2 is 1.83 bits per heavy atom. The highest BCUT2D eigenvalue weighted by Crippen LogP contribution is 2.38. The van der Waals surface area contributed by atoms with Crippen LogP contribution < -0.4 is 15.5 Å². The molecule has 0 bridgehead atoms. The van der Waals surface area contributed by atoms with Gasteiger partial charge < -0.3 is 15.5 Å². The van der Waals surface area contributed by atoms with E-state index in [1.54, 1.807) is 6.33 Å². The van der Waals surface area contributed by atoms with Gasteiger partial charge in [0.05, 0.1) is 12.1 Å². The van der Waals surface area contributed by atoms with Crippen LogP contribution in [0, 0.1) is 0 Å². The highest BCUT2D eigenvalue weighted by Gasteiger charge is 2.40. The second kappa shape index (κ2) is 8.57. The predicted octanol–water partition coefficient (Wildman–Crippen LogP) is 3.39. The van der Waals surface area contributed by atoms with Crippen LogP contribution >= 0.6 is 0 Å². The maximum atomic E-state index is 12.7. The van der Waals surface area contributed by atoms with E-state index in [9.17, 15) is 4.79 Å². The molecule has 0 saturated heterocycles. The third kappa shape index (κ3) is 3.87. The van der Waals surface area contributed by atoms with Gasteiger partial charge in [-0.2, -0.15) is 10.1 Å². The Kier molecular flexibility index (Phi) is 5.70. The Bertz CT molecular complexity index is 982. The molecule has 1 amide bonds. The van der Waals surface area contributed by atoms with Gasteiger partial charge in [-0.05, 0) is 29.7 Å². The Morgan fingerprint density at radius 3 is 2.50 bits per heavy atom. The average Bonchev–Trinajstić information content (AvgIpc) is 3.22. The van der Waals surface area contributed by atoms with E-state index in [1.807, 2.05) is 43.9 Å². The van der Waals surface area contributed by atoms with Crippen molar-refractivity contribution < 1.29 is 4.79 Å². The summed E-state index contributed by atoms with van der Waals surface area (Å²) in [5.41, 5.74) is 3.31. The molecule has 2 N–H and O–H groups in total. The lowest BCUT2D eigenvalue weighted by Crippen LogP contribution is -2.51. The summed E-state index contributed by atoms with van der Waals surface area (Å²) in [6.45, 7) is 2.01. The fourth-order valence-corrected chi connectivity index (χ4v) is 4.04. The van der Waals surface area contributed by atoms with Gasteiger partial charge in [0, 0.05) is 26.2 Å². The van der Waals surface area contributed by atoms with Crippen LogP contribution in [0.2, 0.25) is 0 Å². The molecule has 4 rings (SSSR count). The lowest BCUT2D eigenvalue weighted by atomic mass is 9.87. The molecular formula is C23H28N6O. The third-order valence-corrected chi connectivity index (χ3v) is 5.53. The number of fused-ring (bicyclic) bond motifs is 1. The molecule has 30 heavy (non-hydrogen) atoms. The molecule has 0 saturated carbocycles. The lowest BCUT2D eigenvalue weighted by Gasteiger charge is -2.40. The van der Waals surface area contributed by atoms with E-state index in [1.165, 1.54) is 0 Å². The molecule has 1 aliphatic heterocycles. The van der Waals surface area contributed by atoms with Gasteiger partial charge in [-0.3, -0.25) is 4.79 Å². The van der Waals surface area contributed by atoms with E-state index >= 15 is 0 Å². The Hall–Kier alpha value is -3.35. The molecule has 0 radical (unpaired) electrons. The normalized spacial score (nSPS) is 20.2. The summed E-state index contributed by atoms with van der Waals surface area (Å²) in [5.74, 6) is 0.746. The number of amides is 1. The van der Waals surface area contributed by atoms with Gasteiger partial charge in [0.25, 0.3) is 0 Å². The van der Waals surface area contributed by atoms with Crippen molar-refractivity contribution in [2.24, 2.45) is 0 Å². The highest BCUT2D eigenvalue weighted by atomic mass is 16.1. The first kappa shape index (κ1) is 19.9. The van der Waals surface area contributed by atoms with Gasteiger partial charge >= 0.3 is 0 Å². The SMILES string of the molecule is CCCC(=O)N[C@@H]1[C@H](c2ccc(N(C)C)cc2)Nc2ncnn2[C@H]1c1ccccc1. The molecule has 3 atom stereocenters. The van der Waals surface area contributed by atoms with Gasteiger partial charge in [-0.25, -0.2) is 4.68 Å². The summed E-state index contributed by atoms with van der Waals surface area (Å²) in [7, 11) is 4.05. The van der Waals surface area contributed by atoms with Gasteiger partial charge in [0.1, 0.15) is 12.4 Å². The van der Waals surface area contributed by atoms with Crippen molar-refractivity contribution in [1.82, 2.24) is 20.1 Å². The highest BCUT2D eigenvalue weighted by molar-refractivity contribution is 5.76. The number of nitrogens with one attached hydrogen (secondary N) is 2. The molecule has 3 aromatic rings. The molecule has 1 aliphatic rings. The number of anilines is 2. The van der Waals surface area contributed by atoms with Crippen LogP contribution in [-0.4, -0.2) is 40.8 Å². The van der Waals surface area contributed by atoms with Gasteiger partial charge in [-0.1, -0.05) is 49.4 Å². The largest absolute Gasteiger partial charge is 0.378 e. The van der Waals surface area contributed by atoms with Gasteiger partial charge in [0.2, 0.25) is 11.9 Å². The Balaban J connectivity index is 1.78. The van der Waals surface area contributed by atoms with E-state index in [2.05, 4.69) is 62.0 Å². The minimum Gasteiger partial charge on any atom is -0.378 e. The van der Waals surface area contributed by atoms with Gasteiger partial charge in [-0.15, -0.1) is 0 Å². The lowest BCUT2D eigenvalue weighted by molar-refractivity contribution is -0.122. The number of carbonyl (C=O) groups excluding carboxylic acids is 1. The van der Waals surface area contributed by atoms with Crippen LogP contribution in [-0.2, 0) is 4.79 Å². The summed E-state index contributed by atoms with van der Waals surface area (Å²) >= 11 is 0. The van der Waals surface area contributed by atoms with Crippen LogP contribution in [0.3, 0.4) is 0 Å². The standard InChI is InChI=1S/C23H28N6O/c1-4-8-19(30)26-21-20(16-11-13-18(14-12-16)28(2)3)27-23-24-15-25-29(23)22(21)17-9-6-5-7-10-17/h5-7,9-15,20-22H,4,8H2,1-3H3,(H,26,30)(H,24,25,27)/t20-,21+,22-/m0/s1. The van der Waals surface area contributed by atoms with Crippen LogP contribution in [0.1, 0.15) is 43.0 Å². The smallest absolute Gasteiger partial charge is 0.222 e. The zero-order chi connectivity index (χ0) is 21.1. The van der Waals surface area contributed by atoms with Crippen LogP contribution in [0.25, 0.3) is 0 Å². The molecule has 7 nitrogen and oxygen atoms in total. The zero-order valence-electron chi connectivity index (χ0n) is 17.6. The Labute approximate surface area is 177 Å². The molecule has 0 aliphatic carbocycles. The van der Waals surface area contributed by atoms with E-state index in [0.717, 1.165) is 23.2 Å². The number of hydrogen-bond donors (Lipinski definition) is 2.